The number of rotatable bonds is 5. The number of hydrogen-bond donors (Lipinski definition) is 4. The summed E-state index contributed by atoms with van der Waals surface area (Å²) < 4.78 is 27.1. The molecule has 1 aromatic rings. The minimum atomic E-state index is -1.02. The highest BCUT2D eigenvalue weighted by Crippen LogP contribution is 2.32. The SMILES string of the molecule is CC1=C(CC(=O)N[C@H](CO)c2ccc(F)cc2F)C(=O)NC2CCNC(C)C12. The van der Waals surface area contributed by atoms with E-state index in [4.69, 9.17) is 0 Å². The van der Waals surface area contributed by atoms with Crippen LogP contribution in [0.5, 0.6) is 0 Å². The van der Waals surface area contributed by atoms with Crippen molar-refractivity contribution in [1.82, 2.24) is 16.0 Å². The Morgan fingerprint density at radius 3 is 2.82 bits per heavy atom. The lowest BCUT2D eigenvalue weighted by atomic mass is 9.76. The Morgan fingerprint density at radius 1 is 1.39 bits per heavy atom. The minimum Gasteiger partial charge on any atom is -0.394 e. The summed E-state index contributed by atoms with van der Waals surface area (Å²) in [6, 6.07) is 2.15. The molecule has 0 aromatic heterocycles. The van der Waals surface area contributed by atoms with Crippen molar-refractivity contribution >= 4 is 11.8 Å². The number of hydrogen-bond acceptors (Lipinski definition) is 4. The number of nitrogens with one attached hydrogen (secondary N) is 3. The molecule has 3 rings (SSSR count). The molecule has 3 unspecified atom stereocenters. The monoisotopic (exact) mass is 393 g/mol. The molecule has 6 nitrogen and oxygen atoms in total. The first-order valence-electron chi connectivity index (χ1n) is 9.41. The zero-order valence-electron chi connectivity index (χ0n) is 15.9. The van der Waals surface area contributed by atoms with Crippen molar-refractivity contribution < 1.29 is 23.5 Å². The highest BCUT2D eigenvalue weighted by atomic mass is 19.1. The molecule has 28 heavy (non-hydrogen) atoms. The predicted octanol–water partition coefficient (Wildman–Crippen LogP) is 1.32. The summed E-state index contributed by atoms with van der Waals surface area (Å²) in [5, 5.41) is 18.4. The third kappa shape index (κ3) is 4.07. The largest absolute Gasteiger partial charge is 0.394 e. The van der Waals surface area contributed by atoms with Crippen LogP contribution in [0.4, 0.5) is 8.78 Å². The molecule has 2 aliphatic rings. The topological polar surface area (TPSA) is 90.5 Å². The van der Waals surface area contributed by atoms with Gasteiger partial charge in [0, 0.05) is 35.2 Å². The Balaban J connectivity index is 1.75. The molecule has 152 valence electrons. The molecular weight excluding hydrogens is 368 g/mol. The standard InChI is InChI=1S/C20H25F2N3O3/c1-10-14(20(28)25-16-5-6-23-11(2)19(10)16)8-18(27)24-17(9-26)13-4-3-12(21)7-15(13)22/h3-4,7,11,16-17,19,23,26H,5-6,8-9H2,1-2H3,(H,24,27)(H,25,28)/t11?,16?,17-,19?/m1/s1. The van der Waals surface area contributed by atoms with Gasteiger partial charge in [-0.15, -0.1) is 0 Å². The molecule has 2 heterocycles. The molecular formula is C20H25F2N3O3. The van der Waals surface area contributed by atoms with Crippen LogP contribution in [0.25, 0.3) is 0 Å². The Morgan fingerprint density at radius 2 is 2.14 bits per heavy atom. The quantitative estimate of drug-likeness (QED) is 0.607. The number of aliphatic hydroxyl groups excluding tert-OH is 1. The molecule has 0 radical (unpaired) electrons. The summed E-state index contributed by atoms with van der Waals surface area (Å²) >= 11 is 0. The number of benzene rings is 1. The normalized spacial score (nSPS) is 25.8. The lowest BCUT2D eigenvalue weighted by Crippen LogP contribution is -2.57. The fraction of sp³-hybridized carbons (Fsp3) is 0.500. The maximum Gasteiger partial charge on any atom is 0.247 e. The number of aliphatic hydroxyl groups is 1. The van der Waals surface area contributed by atoms with Crippen LogP contribution in [0.3, 0.4) is 0 Å². The summed E-state index contributed by atoms with van der Waals surface area (Å²) in [5.41, 5.74) is 1.25. The van der Waals surface area contributed by atoms with Gasteiger partial charge in [-0.25, -0.2) is 8.78 Å². The molecule has 0 bridgehead atoms. The fourth-order valence-electron chi connectivity index (χ4n) is 4.23. The molecule has 2 amide bonds. The van der Waals surface area contributed by atoms with E-state index in [2.05, 4.69) is 22.9 Å². The zero-order valence-corrected chi connectivity index (χ0v) is 15.9. The number of carbonyl (C=O) groups excluding carboxylic acids is 2. The van der Waals surface area contributed by atoms with Crippen molar-refractivity contribution in [3.63, 3.8) is 0 Å². The van der Waals surface area contributed by atoms with Crippen molar-refractivity contribution in [2.24, 2.45) is 5.92 Å². The maximum atomic E-state index is 14.0. The van der Waals surface area contributed by atoms with E-state index in [0.717, 1.165) is 24.6 Å². The van der Waals surface area contributed by atoms with Crippen LogP contribution in [0.2, 0.25) is 0 Å². The van der Waals surface area contributed by atoms with Gasteiger partial charge in [0.15, 0.2) is 0 Å². The second-order valence-corrected chi connectivity index (χ2v) is 7.44. The average molecular weight is 393 g/mol. The van der Waals surface area contributed by atoms with Gasteiger partial charge in [-0.05, 0) is 32.9 Å². The average Bonchev–Trinajstić information content (AvgIpc) is 2.63. The minimum absolute atomic E-state index is 0.0128. The zero-order chi connectivity index (χ0) is 20.4. The number of piperidine rings is 1. The van der Waals surface area contributed by atoms with Crippen LogP contribution in [0, 0.1) is 17.6 Å². The summed E-state index contributed by atoms with van der Waals surface area (Å²) in [6.45, 7) is 4.19. The van der Waals surface area contributed by atoms with Crippen LogP contribution in [0.1, 0.15) is 38.3 Å². The van der Waals surface area contributed by atoms with Crippen molar-refractivity contribution in [1.29, 1.82) is 0 Å². The van der Waals surface area contributed by atoms with E-state index in [1.165, 1.54) is 6.07 Å². The first kappa shape index (κ1) is 20.4. The molecule has 1 saturated heterocycles. The van der Waals surface area contributed by atoms with E-state index in [1.807, 2.05) is 6.92 Å². The first-order valence-corrected chi connectivity index (χ1v) is 9.41. The van der Waals surface area contributed by atoms with E-state index in [0.29, 0.717) is 11.6 Å². The Bertz CT molecular complexity index is 812. The van der Waals surface area contributed by atoms with Crippen LogP contribution in [0.15, 0.2) is 29.3 Å². The number of halogens is 2. The van der Waals surface area contributed by atoms with Gasteiger partial charge in [-0.1, -0.05) is 11.6 Å². The molecule has 0 spiro atoms. The highest BCUT2D eigenvalue weighted by molar-refractivity contribution is 6.00. The molecule has 0 aliphatic carbocycles. The smallest absolute Gasteiger partial charge is 0.247 e. The maximum absolute atomic E-state index is 14.0. The van der Waals surface area contributed by atoms with E-state index in [-0.39, 0.29) is 35.9 Å². The molecule has 0 saturated carbocycles. The van der Waals surface area contributed by atoms with Crippen LogP contribution in [-0.2, 0) is 9.59 Å². The second kappa shape index (κ2) is 8.36. The van der Waals surface area contributed by atoms with Crippen molar-refractivity contribution in [3.8, 4) is 0 Å². The molecule has 1 aromatic carbocycles. The van der Waals surface area contributed by atoms with Gasteiger partial charge in [0.1, 0.15) is 11.6 Å². The number of fused-ring (bicyclic) bond motifs is 1. The third-order valence-electron chi connectivity index (χ3n) is 5.65. The Kier molecular flexibility index (Phi) is 6.10. The van der Waals surface area contributed by atoms with Crippen LogP contribution >= 0.6 is 0 Å². The van der Waals surface area contributed by atoms with Crippen LogP contribution in [-0.4, -0.2) is 42.2 Å². The Hall–Kier alpha value is -2.32. The summed E-state index contributed by atoms with van der Waals surface area (Å²) in [5.74, 6) is -2.26. The van der Waals surface area contributed by atoms with E-state index in [9.17, 15) is 23.5 Å². The summed E-state index contributed by atoms with van der Waals surface area (Å²) in [7, 11) is 0. The van der Waals surface area contributed by atoms with Gasteiger partial charge in [0.2, 0.25) is 11.8 Å². The van der Waals surface area contributed by atoms with Crippen LogP contribution < -0.4 is 16.0 Å². The number of carbonyl (C=O) groups is 2. The predicted molar refractivity (Wildman–Crippen MR) is 99.1 cm³/mol. The van der Waals surface area contributed by atoms with E-state index < -0.39 is 30.2 Å². The number of amides is 2. The van der Waals surface area contributed by atoms with Gasteiger partial charge in [0.05, 0.1) is 19.1 Å². The second-order valence-electron chi connectivity index (χ2n) is 7.44. The van der Waals surface area contributed by atoms with Gasteiger partial charge in [0.25, 0.3) is 0 Å². The third-order valence-corrected chi connectivity index (χ3v) is 5.65. The first-order chi connectivity index (χ1) is 13.3. The van der Waals surface area contributed by atoms with Gasteiger partial charge in [-0.3, -0.25) is 9.59 Å². The van der Waals surface area contributed by atoms with Crippen molar-refractivity contribution in [2.45, 2.75) is 44.8 Å². The van der Waals surface area contributed by atoms with Gasteiger partial charge >= 0.3 is 0 Å². The van der Waals surface area contributed by atoms with Gasteiger partial charge < -0.3 is 21.1 Å². The summed E-state index contributed by atoms with van der Waals surface area (Å²) in [4.78, 5) is 25.0. The summed E-state index contributed by atoms with van der Waals surface area (Å²) in [6.07, 6.45) is 0.654. The van der Waals surface area contributed by atoms with Gasteiger partial charge in [-0.2, -0.15) is 0 Å². The van der Waals surface area contributed by atoms with Crippen molar-refractivity contribution in [2.75, 3.05) is 13.2 Å². The Labute approximate surface area is 162 Å². The van der Waals surface area contributed by atoms with E-state index >= 15 is 0 Å². The fourth-order valence-corrected chi connectivity index (χ4v) is 4.23. The lowest BCUT2D eigenvalue weighted by molar-refractivity contribution is -0.125. The molecule has 1 fully saturated rings. The molecule has 2 aliphatic heterocycles. The van der Waals surface area contributed by atoms with Crippen molar-refractivity contribution in [3.05, 3.63) is 46.5 Å². The lowest BCUT2D eigenvalue weighted by Gasteiger charge is -2.42. The molecule has 4 N–H and O–H groups in total. The molecule has 4 atom stereocenters. The van der Waals surface area contributed by atoms with E-state index in [1.54, 1.807) is 0 Å². The molecule has 8 heteroatoms. The highest BCUT2D eigenvalue weighted by Gasteiger charge is 2.39.